The smallest absolute Gasteiger partial charge is 0.407 e. The van der Waals surface area contributed by atoms with Crippen molar-refractivity contribution in [2.45, 2.75) is 59.8 Å². The van der Waals surface area contributed by atoms with E-state index in [0.29, 0.717) is 16.8 Å². The molecule has 2 N–H and O–H groups in total. The molecule has 13 heteroatoms. The summed E-state index contributed by atoms with van der Waals surface area (Å²) >= 11 is 6.02. The third kappa shape index (κ3) is 7.73. The molecular formula is C31H34ClF2N5O5. The SMILES string of the molecule is CCOC(=O)c1ccn2c(C)c(-c3ccc(Cl)cc3F)c(NCc3cc(F)cnc3O[C@@H](C)CNC(=O)OC(C)(C)C)nc12. The minimum Gasteiger partial charge on any atom is -0.473 e. The number of fused-ring (bicyclic) bond motifs is 1. The lowest BCUT2D eigenvalue weighted by Crippen LogP contribution is -2.37. The molecule has 0 saturated carbocycles. The number of aryl methyl sites for hydroxylation is 1. The molecular weight excluding hydrogens is 596 g/mol. The van der Waals surface area contributed by atoms with Gasteiger partial charge in [0, 0.05) is 40.1 Å². The van der Waals surface area contributed by atoms with Gasteiger partial charge in [-0.3, -0.25) is 0 Å². The molecule has 0 aliphatic carbocycles. The van der Waals surface area contributed by atoms with Gasteiger partial charge in [0.25, 0.3) is 0 Å². The quantitative estimate of drug-likeness (QED) is 0.186. The molecule has 0 aliphatic rings. The molecule has 3 aromatic heterocycles. The summed E-state index contributed by atoms with van der Waals surface area (Å²) in [6.07, 6.45) is 1.51. The fraction of sp³-hybridized carbons (Fsp3) is 0.355. The van der Waals surface area contributed by atoms with E-state index in [4.69, 9.17) is 25.8 Å². The maximum atomic E-state index is 15.2. The molecule has 0 unspecified atom stereocenters. The number of benzene rings is 1. The number of hydrogen-bond donors (Lipinski definition) is 2. The van der Waals surface area contributed by atoms with Gasteiger partial charge in [-0.1, -0.05) is 11.6 Å². The summed E-state index contributed by atoms with van der Waals surface area (Å²) in [5.74, 6) is -1.41. The largest absolute Gasteiger partial charge is 0.473 e. The second-order valence-electron chi connectivity index (χ2n) is 11.0. The van der Waals surface area contributed by atoms with Crippen LogP contribution in [0.2, 0.25) is 5.02 Å². The highest BCUT2D eigenvalue weighted by Gasteiger charge is 2.23. The van der Waals surface area contributed by atoms with E-state index in [2.05, 4.69) is 20.6 Å². The lowest BCUT2D eigenvalue weighted by molar-refractivity contribution is 0.0500. The van der Waals surface area contributed by atoms with Crippen LogP contribution in [-0.2, 0) is 16.0 Å². The van der Waals surface area contributed by atoms with Crippen LogP contribution in [0.15, 0.2) is 42.7 Å². The Morgan fingerprint density at radius 1 is 1.16 bits per heavy atom. The van der Waals surface area contributed by atoms with Gasteiger partial charge >= 0.3 is 12.1 Å². The van der Waals surface area contributed by atoms with Crippen LogP contribution in [0.25, 0.3) is 16.8 Å². The number of anilines is 1. The second kappa shape index (κ2) is 13.5. The highest BCUT2D eigenvalue weighted by Crippen LogP contribution is 2.35. The third-order valence-electron chi connectivity index (χ3n) is 6.32. The van der Waals surface area contributed by atoms with E-state index in [0.717, 1.165) is 6.20 Å². The van der Waals surface area contributed by atoms with Crippen molar-refractivity contribution in [1.29, 1.82) is 0 Å². The monoisotopic (exact) mass is 629 g/mol. The molecule has 0 bridgehead atoms. The van der Waals surface area contributed by atoms with E-state index >= 15 is 4.39 Å². The molecule has 1 atom stereocenters. The van der Waals surface area contributed by atoms with Crippen molar-refractivity contribution < 1.29 is 32.6 Å². The first kappa shape index (κ1) is 32.5. The Hall–Kier alpha value is -4.45. The molecule has 1 aromatic carbocycles. The first-order valence-corrected chi connectivity index (χ1v) is 14.3. The number of pyridine rings is 1. The van der Waals surface area contributed by atoms with E-state index in [9.17, 15) is 14.0 Å². The number of nitrogens with one attached hydrogen (secondary N) is 2. The lowest BCUT2D eigenvalue weighted by atomic mass is 10.0. The van der Waals surface area contributed by atoms with Gasteiger partial charge < -0.3 is 29.2 Å². The molecule has 10 nitrogen and oxygen atoms in total. The maximum Gasteiger partial charge on any atom is 0.407 e. The minimum atomic E-state index is -0.660. The summed E-state index contributed by atoms with van der Waals surface area (Å²) in [6.45, 7) is 10.7. The number of hydrogen-bond acceptors (Lipinski definition) is 8. The molecule has 234 valence electrons. The Morgan fingerprint density at radius 2 is 1.91 bits per heavy atom. The Bertz CT molecular complexity index is 1690. The topological polar surface area (TPSA) is 116 Å². The molecule has 44 heavy (non-hydrogen) atoms. The predicted octanol–water partition coefficient (Wildman–Crippen LogP) is 6.72. The van der Waals surface area contributed by atoms with Crippen LogP contribution in [0.3, 0.4) is 0 Å². The number of ether oxygens (including phenoxy) is 3. The van der Waals surface area contributed by atoms with Crippen LogP contribution in [0.5, 0.6) is 5.88 Å². The molecule has 4 rings (SSSR count). The van der Waals surface area contributed by atoms with Gasteiger partial charge in [-0.15, -0.1) is 0 Å². The van der Waals surface area contributed by atoms with Gasteiger partial charge in [-0.05, 0) is 71.9 Å². The summed E-state index contributed by atoms with van der Waals surface area (Å²) in [6, 6.07) is 7.11. The summed E-state index contributed by atoms with van der Waals surface area (Å²) < 4.78 is 47.6. The van der Waals surface area contributed by atoms with Crippen molar-refractivity contribution in [2.75, 3.05) is 18.5 Å². The third-order valence-corrected chi connectivity index (χ3v) is 6.55. The van der Waals surface area contributed by atoms with E-state index in [1.165, 1.54) is 18.2 Å². The Kier molecular flexibility index (Phi) is 9.93. The molecule has 0 fully saturated rings. The number of rotatable bonds is 10. The first-order chi connectivity index (χ1) is 20.8. The average Bonchev–Trinajstić information content (AvgIpc) is 3.36. The number of esters is 1. The van der Waals surface area contributed by atoms with Crippen molar-refractivity contribution in [2.24, 2.45) is 0 Å². The molecule has 1 amide bonds. The average molecular weight is 630 g/mol. The van der Waals surface area contributed by atoms with E-state index < -0.39 is 35.4 Å². The first-order valence-electron chi connectivity index (χ1n) is 13.9. The van der Waals surface area contributed by atoms with Crippen LogP contribution in [-0.4, -0.2) is 51.3 Å². The highest BCUT2D eigenvalue weighted by molar-refractivity contribution is 6.30. The molecule has 0 spiro atoms. The number of amides is 1. The molecule has 0 aliphatic heterocycles. The molecule has 0 saturated heterocycles. The summed E-state index contributed by atoms with van der Waals surface area (Å²) in [5, 5.41) is 6.01. The highest BCUT2D eigenvalue weighted by atomic mass is 35.5. The Labute approximate surface area is 258 Å². The number of carbonyl (C=O) groups is 2. The van der Waals surface area contributed by atoms with Gasteiger partial charge in [0.05, 0.1) is 19.3 Å². The van der Waals surface area contributed by atoms with Gasteiger partial charge in [0.1, 0.15) is 34.7 Å². The Morgan fingerprint density at radius 3 is 2.59 bits per heavy atom. The normalized spacial score (nSPS) is 12.1. The number of aromatic nitrogens is 3. The van der Waals surface area contributed by atoms with Crippen LogP contribution < -0.4 is 15.4 Å². The summed E-state index contributed by atoms with van der Waals surface area (Å²) in [4.78, 5) is 33.5. The van der Waals surface area contributed by atoms with Crippen LogP contribution >= 0.6 is 11.6 Å². The van der Waals surface area contributed by atoms with Crippen molar-refractivity contribution in [3.8, 4) is 17.0 Å². The minimum absolute atomic E-state index is 0.0351. The molecule has 3 heterocycles. The van der Waals surface area contributed by atoms with Crippen molar-refractivity contribution in [3.63, 3.8) is 0 Å². The van der Waals surface area contributed by atoms with Gasteiger partial charge in [0.15, 0.2) is 5.65 Å². The van der Waals surface area contributed by atoms with E-state index in [1.807, 2.05) is 0 Å². The maximum absolute atomic E-state index is 15.2. The van der Waals surface area contributed by atoms with E-state index in [-0.39, 0.29) is 53.2 Å². The molecule has 4 aromatic rings. The van der Waals surface area contributed by atoms with Crippen molar-refractivity contribution >= 4 is 35.1 Å². The zero-order valence-electron chi connectivity index (χ0n) is 25.3. The van der Waals surface area contributed by atoms with Gasteiger partial charge in [0.2, 0.25) is 5.88 Å². The van der Waals surface area contributed by atoms with Crippen LogP contribution in [0.1, 0.15) is 56.2 Å². The predicted molar refractivity (Wildman–Crippen MR) is 162 cm³/mol. The fourth-order valence-corrected chi connectivity index (χ4v) is 4.59. The van der Waals surface area contributed by atoms with Gasteiger partial charge in [-0.25, -0.2) is 28.3 Å². The van der Waals surface area contributed by atoms with Crippen molar-refractivity contribution in [3.05, 3.63) is 76.2 Å². The van der Waals surface area contributed by atoms with Crippen LogP contribution in [0, 0.1) is 18.6 Å². The second-order valence-corrected chi connectivity index (χ2v) is 11.4. The number of carbonyl (C=O) groups excluding carboxylic acids is 2. The number of alkyl carbamates (subject to hydrolysis) is 1. The zero-order valence-corrected chi connectivity index (χ0v) is 26.0. The van der Waals surface area contributed by atoms with Crippen molar-refractivity contribution in [1.82, 2.24) is 19.7 Å². The van der Waals surface area contributed by atoms with Gasteiger partial charge in [-0.2, -0.15) is 0 Å². The Balaban J connectivity index is 1.67. The van der Waals surface area contributed by atoms with Crippen LogP contribution in [0.4, 0.5) is 19.4 Å². The zero-order chi connectivity index (χ0) is 32.2. The number of nitrogens with zero attached hydrogens (tertiary/aromatic N) is 3. The fourth-order valence-electron chi connectivity index (χ4n) is 4.43. The standard InChI is InChI=1S/C31H34ClF2N5O5/c1-7-42-29(40)23-10-11-39-18(3)25(22-9-8-20(32)13-24(22)34)26(38-27(23)39)35-15-19-12-21(33)16-36-28(19)43-17(2)14-37-30(41)44-31(4,5)6/h8-13,16-17H,7,14-15H2,1-6H3,(H,35,38)(H,37,41)/t17-/m0/s1. The molecule has 0 radical (unpaired) electrons. The summed E-state index contributed by atoms with van der Waals surface area (Å²) in [7, 11) is 0. The summed E-state index contributed by atoms with van der Waals surface area (Å²) in [5.41, 5.74) is 1.38. The number of halogens is 3. The lowest BCUT2D eigenvalue weighted by Gasteiger charge is -2.21. The van der Waals surface area contributed by atoms with E-state index in [1.54, 1.807) is 64.3 Å².